The molecule has 1 heterocycles. The smallest absolute Gasteiger partial charge is 0.341 e. The molecule has 4 rings (SSSR count). The number of halogens is 1. The molecule has 146 valence electrons. The van der Waals surface area contributed by atoms with E-state index in [2.05, 4.69) is 21.0 Å². The van der Waals surface area contributed by atoms with Crippen molar-refractivity contribution in [3.63, 3.8) is 0 Å². The molecule has 1 N–H and O–H groups in total. The number of ketones is 1. The number of carbonyl (C=O) groups excluding carboxylic acids is 1. The molecular weight excluding hydrogens is 436 g/mol. The van der Waals surface area contributed by atoms with Gasteiger partial charge in [0, 0.05) is 16.1 Å². The SMILES string of the molecule is O=C(O)COc1ccc(Br)cc1C(=O)C1C=NN(c2cccc3ccccc23)C1. The van der Waals surface area contributed by atoms with Crippen LogP contribution in [-0.4, -0.2) is 36.2 Å². The Hall–Kier alpha value is -3.19. The Kier molecular flexibility index (Phi) is 5.31. The molecule has 0 aliphatic carbocycles. The van der Waals surface area contributed by atoms with Gasteiger partial charge >= 0.3 is 5.97 Å². The maximum Gasteiger partial charge on any atom is 0.341 e. The van der Waals surface area contributed by atoms with E-state index < -0.39 is 18.5 Å². The molecule has 0 spiro atoms. The number of carboxylic acids is 1. The number of fused-ring (bicyclic) bond motifs is 1. The molecule has 0 aromatic heterocycles. The van der Waals surface area contributed by atoms with Gasteiger partial charge in [-0.15, -0.1) is 0 Å². The number of aliphatic carboxylic acids is 1. The Bertz CT molecular complexity index is 1120. The van der Waals surface area contributed by atoms with Crippen molar-refractivity contribution in [3.8, 4) is 5.75 Å². The van der Waals surface area contributed by atoms with Crippen molar-refractivity contribution in [1.82, 2.24) is 0 Å². The van der Waals surface area contributed by atoms with E-state index in [1.165, 1.54) is 0 Å². The number of hydrogen-bond acceptors (Lipinski definition) is 5. The monoisotopic (exact) mass is 452 g/mol. The van der Waals surface area contributed by atoms with Crippen LogP contribution in [0.2, 0.25) is 0 Å². The van der Waals surface area contributed by atoms with Crippen molar-refractivity contribution >= 4 is 50.4 Å². The van der Waals surface area contributed by atoms with Gasteiger partial charge < -0.3 is 9.84 Å². The fraction of sp³-hybridized carbons (Fsp3) is 0.136. The predicted octanol–water partition coefficient (Wildman–Crippen LogP) is 4.37. The van der Waals surface area contributed by atoms with Crippen LogP contribution in [0.5, 0.6) is 5.75 Å². The molecule has 0 amide bonds. The van der Waals surface area contributed by atoms with Crippen LogP contribution < -0.4 is 9.75 Å². The number of Topliss-reactive ketones (excluding diaryl/α,β-unsaturated/α-hetero) is 1. The van der Waals surface area contributed by atoms with E-state index in [0.29, 0.717) is 16.6 Å². The third kappa shape index (κ3) is 4.00. The Morgan fingerprint density at radius 2 is 1.93 bits per heavy atom. The maximum absolute atomic E-state index is 13.1. The molecule has 3 aromatic rings. The van der Waals surface area contributed by atoms with E-state index in [-0.39, 0.29) is 11.5 Å². The highest BCUT2D eigenvalue weighted by Crippen LogP contribution is 2.31. The summed E-state index contributed by atoms with van der Waals surface area (Å²) in [5, 5.41) is 17.3. The van der Waals surface area contributed by atoms with E-state index in [9.17, 15) is 9.59 Å². The molecule has 0 radical (unpaired) electrons. The number of hydrogen-bond donors (Lipinski definition) is 1. The van der Waals surface area contributed by atoms with Gasteiger partial charge in [0.15, 0.2) is 12.4 Å². The first kappa shape index (κ1) is 19.1. The third-order valence-electron chi connectivity index (χ3n) is 4.70. The summed E-state index contributed by atoms with van der Waals surface area (Å²) in [6.07, 6.45) is 1.63. The molecule has 0 saturated heterocycles. The molecule has 1 aliphatic heterocycles. The first-order valence-corrected chi connectivity index (χ1v) is 9.80. The number of anilines is 1. The van der Waals surface area contributed by atoms with E-state index in [1.54, 1.807) is 24.4 Å². The minimum atomic E-state index is -1.10. The summed E-state index contributed by atoms with van der Waals surface area (Å²) in [5.41, 5.74) is 1.27. The molecule has 1 unspecified atom stereocenters. The second-order valence-corrected chi connectivity index (χ2v) is 7.55. The topological polar surface area (TPSA) is 79.2 Å². The van der Waals surface area contributed by atoms with Gasteiger partial charge in [-0.2, -0.15) is 5.10 Å². The van der Waals surface area contributed by atoms with Crippen LogP contribution in [0.25, 0.3) is 10.8 Å². The van der Waals surface area contributed by atoms with Crippen LogP contribution in [0, 0.1) is 5.92 Å². The summed E-state index contributed by atoms with van der Waals surface area (Å²) < 4.78 is 6.02. The first-order chi connectivity index (χ1) is 14.0. The highest BCUT2D eigenvalue weighted by Gasteiger charge is 2.29. The number of carbonyl (C=O) groups is 2. The van der Waals surface area contributed by atoms with E-state index in [4.69, 9.17) is 9.84 Å². The van der Waals surface area contributed by atoms with E-state index >= 15 is 0 Å². The largest absolute Gasteiger partial charge is 0.481 e. The van der Waals surface area contributed by atoms with Crippen LogP contribution in [0.3, 0.4) is 0 Å². The lowest BCUT2D eigenvalue weighted by atomic mass is 9.98. The zero-order valence-electron chi connectivity index (χ0n) is 15.3. The van der Waals surface area contributed by atoms with Crippen molar-refractivity contribution in [2.45, 2.75) is 0 Å². The van der Waals surface area contributed by atoms with Crippen LogP contribution in [-0.2, 0) is 4.79 Å². The zero-order chi connectivity index (χ0) is 20.4. The molecule has 0 saturated carbocycles. The lowest BCUT2D eigenvalue weighted by molar-refractivity contribution is -0.139. The summed E-state index contributed by atoms with van der Waals surface area (Å²) in [4.78, 5) is 24.0. The van der Waals surface area contributed by atoms with Crippen molar-refractivity contribution in [2.75, 3.05) is 18.2 Å². The molecule has 1 atom stereocenters. The average Bonchev–Trinajstić information content (AvgIpc) is 3.21. The molecule has 7 heteroatoms. The standard InChI is InChI=1S/C22H17BrN2O4/c23-16-8-9-20(29-13-21(26)27)18(10-16)22(28)15-11-24-25(12-15)19-7-3-5-14-4-1-2-6-17(14)19/h1-11,15H,12-13H2,(H,26,27). The van der Waals surface area contributed by atoms with Crippen molar-refractivity contribution < 1.29 is 19.4 Å². The Morgan fingerprint density at radius 1 is 1.14 bits per heavy atom. The number of ether oxygens (including phenoxy) is 1. The summed E-state index contributed by atoms with van der Waals surface area (Å²) in [6.45, 7) is -0.111. The Balaban J connectivity index is 1.58. The molecule has 3 aromatic carbocycles. The van der Waals surface area contributed by atoms with Gasteiger partial charge in [-0.1, -0.05) is 52.3 Å². The number of benzene rings is 3. The molecule has 0 bridgehead atoms. The average molecular weight is 453 g/mol. The normalized spacial score (nSPS) is 15.6. The summed E-state index contributed by atoms with van der Waals surface area (Å²) in [6, 6.07) is 19.0. The van der Waals surface area contributed by atoms with Gasteiger partial charge in [0.2, 0.25) is 0 Å². The van der Waals surface area contributed by atoms with Gasteiger partial charge in [-0.05, 0) is 29.7 Å². The van der Waals surface area contributed by atoms with Crippen LogP contribution in [0.1, 0.15) is 10.4 Å². The fourth-order valence-electron chi connectivity index (χ4n) is 3.35. The highest BCUT2D eigenvalue weighted by molar-refractivity contribution is 9.10. The first-order valence-electron chi connectivity index (χ1n) is 9.00. The number of rotatable bonds is 6. The minimum Gasteiger partial charge on any atom is -0.481 e. The van der Waals surface area contributed by atoms with E-state index in [0.717, 1.165) is 16.5 Å². The van der Waals surface area contributed by atoms with Crippen molar-refractivity contribution in [3.05, 3.63) is 70.7 Å². The molecule has 29 heavy (non-hydrogen) atoms. The van der Waals surface area contributed by atoms with Crippen LogP contribution in [0.4, 0.5) is 5.69 Å². The predicted molar refractivity (Wildman–Crippen MR) is 115 cm³/mol. The van der Waals surface area contributed by atoms with Crippen molar-refractivity contribution in [1.29, 1.82) is 0 Å². The van der Waals surface area contributed by atoms with Crippen LogP contribution in [0.15, 0.2) is 70.2 Å². The second kappa shape index (κ2) is 8.05. The maximum atomic E-state index is 13.1. The summed E-state index contributed by atoms with van der Waals surface area (Å²) >= 11 is 3.36. The van der Waals surface area contributed by atoms with Crippen molar-refractivity contribution in [2.24, 2.45) is 11.0 Å². The Morgan fingerprint density at radius 3 is 2.76 bits per heavy atom. The van der Waals surface area contributed by atoms with Gasteiger partial charge in [0.05, 0.1) is 23.7 Å². The van der Waals surface area contributed by atoms with Gasteiger partial charge in [-0.3, -0.25) is 9.80 Å². The second-order valence-electron chi connectivity index (χ2n) is 6.64. The molecule has 6 nitrogen and oxygen atoms in total. The quantitative estimate of drug-likeness (QED) is 0.561. The molecular formula is C22H17BrN2O4. The number of hydrazone groups is 1. The minimum absolute atomic E-state index is 0.168. The lowest BCUT2D eigenvalue weighted by Gasteiger charge is -2.18. The Labute approximate surface area is 175 Å². The third-order valence-corrected chi connectivity index (χ3v) is 5.19. The van der Waals surface area contributed by atoms with Crippen LogP contribution >= 0.6 is 15.9 Å². The summed E-state index contributed by atoms with van der Waals surface area (Å²) in [7, 11) is 0. The number of nitrogens with zero attached hydrogens (tertiary/aromatic N) is 2. The summed E-state index contributed by atoms with van der Waals surface area (Å²) in [5.74, 6) is -1.48. The fourth-order valence-corrected chi connectivity index (χ4v) is 3.71. The highest BCUT2D eigenvalue weighted by atomic mass is 79.9. The number of carboxylic acid groups (broad SMARTS) is 1. The molecule has 0 fully saturated rings. The van der Waals surface area contributed by atoms with Gasteiger partial charge in [-0.25, -0.2) is 4.79 Å². The molecule has 1 aliphatic rings. The van der Waals surface area contributed by atoms with E-state index in [1.807, 2.05) is 47.5 Å². The lowest BCUT2D eigenvalue weighted by Crippen LogP contribution is -2.24. The van der Waals surface area contributed by atoms with Gasteiger partial charge in [0.1, 0.15) is 5.75 Å². The van der Waals surface area contributed by atoms with Gasteiger partial charge in [0.25, 0.3) is 0 Å². The zero-order valence-corrected chi connectivity index (χ0v) is 16.9.